The molecule has 21 heavy (non-hydrogen) atoms. The van der Waals surface area contributed by atoms with E-state index in [0.29, 0.717) is 5.13 Å². The first kappa shape index (κ1) is 13.4. The van der Waals surface area contributed by atoms with E-state index in [1.54, 1.807) is 6.07 Å². The van der Waals surface area contributed by atoms with Gasteiger partial charge in [0.25, 0.3) is 5.91 Å². The van der Waals surface area contributed by atoms with Crippen LogP contribution in [-0.4, -0.2) is 10.9 Å². The minimum absolute atomic E-state index is 0.309. The zero-order valence-corrected chi connectivity index (χ0v) is 11.4. The molecule has 3 N–H and O–H groups in total. The first-order chi connectivity index (χ1) is 10.0. The largest absolute Gasteiger partial charge is 0.396 e. The molecule has 0 saturated carbocycles. The standard InChI is InChI=1S/C14H9F2N3OS/c15-7-5-8(12(16)9(17)6-7)13(20)19-14-18-10-3-1-2-4-11(10)21-14/h1-6H,17H2,(H,18,19,20). The zero-order chi connectivity index (χ0) is 15.0. The lowest BCUT2D eigenvalue weighted by molar-refractivity contribution is 0.102. The Kier molecular flexibility index (Phi) is 3.26. The number of nitrogens with zero attached hydrogens (tertiary/aromatic N) is 1. The third-order valence-corrected chi connectivity index (χ3v) is 3.78. The van der Waals surface area contributed by atoms with Crippen molar-refractivity contribution in [2.75, 3.05) is 11.1 Å². The van der Waals surface area contributed by atoms with Crippen molar-refractivity contribution in [1.82, 2.24) is 4.98 Å². The smallest absolute Gasteiger partial charge is 0.260 e. The van der Waals surface area contributed by atoms with Crippen molar-refractivity contribution < 1.29 is 13.6 Å². The van der Waals surface area contributed by atoms with Crippen LogP contribution >= 0.6 is 11.3 Å². The average molecular weight is 305 g/mol. The highest BCUT2D eigenvalue weighted by molar-refractivity contribution is 7.22. The van der Waals surface area contributed by atoms with Crippen LogP contribution in [0.1, 0.15) is 10.4 Å². The summed E-state index contributed by atoms with van der Waals surface area (Å²) in [5.74, 6) is -2.52. The van der Waals surface area contributed by atoms with Crippen LogP contribution in [0.2, 0.25) is 0 Å². The van der Waals surface area contributed by atoms with Gasteiger partial charge in [0, 0.05) is 0 Å². The van der Waals surface area contributed by atoms with E-state index >= 15 is 0 Å². The molecule has 0 saturated heterocycles. The van der Waals surface area contributed by atoms with Gasteiger partial charge in [-0.1, -0.05) is 23.5 Å². The van der Waals surface area contributed by atoms with E-state index < -0.39 is 28.8 Å². The van der Waals surface area contributed by atoms with Gasteiger partial charge in [-0.15, -0.1) is 0 Å². The van der Waals surface area contributed by atoms with Gasteiger partial charge in [-0.25, -0.2) is 13.8 Å². The molecule has 1 aromatic heterocycles. The van der Waals surface area contributed by atoms with Gasteiger partial charge in [0.15, 0.2) is 10.9 Å². The Balaban J connectivity index is 1.93. The van der Waals surface area contributed by atoms with Crippen molar-refractivity contribution in [3.63, 3.8) is 0 Å². The van der Waals surface area contributed by atoms with Crippen LogP contribution in [0.25, 0.3) is 10.2 Å². The molecule has 3 aromatic rings. The number of nitrogen functional groups attached to an aromatic ring is 1. The van der Waals surface area contributed by atoms with Crippen LogP contribution in [0.5, 0.6) is 0 Å². The molecule has 0 atom stereocenters. The van der Waals surface area contributed by atoms with E-state index in [1.807, 2.05) is 18.2 Å². The summed E-state index contributed by atoms with van der Waals surface area (Å²) in [6.45, 7) is 0. The quantitative estimate of drug-likeness (QED) is 0.713. The zero-order valence-electron chi connectivity index (χ0n) is 10.6. The number of aromatic nitrogens is 1. The molecule has 106 valence electrons. The molecule has 1 heterocycles. The molecule has 2 aromatic carbocycles. The van der Waals surface area contributed by atoms with Crippen LogP contribution in [0.15, 0.2) is 36.4 Å². The first-order valence-corrected chi connectivity index (χ1v) is 6.77. The summed E-state index contributed by atoms with van der Waals surface area (Å²) in [6.07, 6.45) is 0. The maximum absolute atomic E-state index is 13.8. The van der Waals surface area contributed by atoms with E-state index in [2.05, 4.69) is 10.3 Å². The maximum Gasteiger partial charge on any atom is 0.260 e. The topological polar surface area (TPSA) is 68.0 Å². The number of amides is 1. The van der Waals surface area contributed by atoms with Crippen molar-refractivity contribution in [1.29, 1.82) is 0 Å². The van der Waals surface area contributed by atoms with Gasteiger partial charge in [0.05, 0.1) is 21.5 Å². The van der Waals surface area contributed by atoms with Gasteiger partial charge in [-0.3, -0.25) is 10.1 Å². The van der Waals surface area contributed by atoms with Gasteiger partial charge in [-0.2, -0.15) is 0 Å². The Morgan fingerprint density at radius 3 is 2.76 bits per heavy atom. The van der Waals surface area contributed by atoms with E-state index in [9.17, 15) is 13.6 Å². The second kappa shape index (κ2) is 5.10. The molecular weight excluding hydrogens is 296 g/mol. The molecule has 0 radical (unpaired) electrons. The number of anilines is 2. The number of hydrogen-bond acceptors (Lipinski definition) is 4. The summed E-state index contributed by atoms with van der Waals surface area (Å²) >= 11 is 1.24. The third kappa shape index (κ3) is 2.55. The number of hydrogen-bond donors (Lipinski definition) is 2. The minimum Gasteiger partial charge on any atom is -0.396 e. The lowest BCUT2D eigenvalue weighted by atomic mass is 10.1. The van der Waals surface area contributed by atoms with Gasteiger partial charge in [0.1, 0.15) is 5.82 Å². The summed E-state index contributed by atoms with van der Waals surface area (Å²) < 4.78 is 27.9. The van der Waals surface area contributed by atoms with Crippen molar-refractivity contribution in [2.45, 2.75) is 0 Å². The first-order valence-electron chi connectivity index (χ1n) is 5.96. The van der Waals surface area contributed by atoms with Crippen LogP contribution in [0, 0.1) is 11.6 Å². The molecule has 3 rings (SSSR count). The second-order valence-corrected chi connectivity index (χ2v) is 5.33. The molecule has 0 unspecified atom stereocenters. The lowest BCUT2D eigenvalue weighted by Crippen LogP contribution is -2.15. The Bertz CT molecular complexity index is 814. The van der Waals surface area contributed by atoms with Crippen molar-refractivity contribution in [3.05, 3.63) is 53.6 Å². The number of para-hydroxylation sites is 1. The van der Waals surface area contributed by atoms with Crippen molar-refractivity contribution >= 4 is 38.3 Å². The highest BCUT2D eigenvalue weighted by atomic mass is 32.1. The number of rotatable bonds is 2. The Labute approximate surface area is 122 Å². The van der Waals surface area contributed by atoms with Gasteiger partial charge < -0.3 is 5.73 Å². The average Bonchev–Trinajstić information content (AvgIpc) is 2.84. The number of halogens is 2. The predicted octanol–water partition coefficient (Wildman–Crippen LogP) is 3.41. The SMILES string of the molecule is Nc1cc(F)cc(C(=O)Nc2nc3ccccc3s2)c1F. The molecule has 0 spiro atoms. The predicted molar refractivity (Wildman–Crippen MR) is 78.3 cm³/mol. The highest BCUT2D eigenvalue weighted by Gasteiger charge is 2.17. The summed E-state index contributed by atoms with van der Waals surface area (Å²) in [6, 6.07) is 8.93. The minimum atomic E-state index is -0.949. The van der Waals surface area contributed by atoms with E-state index in [0.717, 1.165) is 22.3 Å². The molecule has 0 aliphatic heterocycles. The normalized spacial score (nSPS) is 10.8. The summed E-state index contributed by atoms with van der Waals surface area (Å²) in [7, 11) is 0. The number of thiazole rings is 1. The number of nitrogens with one attached hydrogen (secondary N) is 1. The maximum atomic E-state index is 13.8. The Morgan fingerprint density at radius 2 is 2.00 bits per heavy atom. The number of fused-ring (bicyclic) bond motifs is 1. The number of nitrogens with two attached hydrogens (primary N) is 1. The Morgan fingerprint density at radius 1 is 1.24 bits per heavy atom. The van der Waals surface area contributed by atoms with Gasteiger partial charge in [-0.05, 0) is 24.3 Å². The fourth-order valence-electron chi connectivity index (χ4n) is 1.87. The van der Waals surface area contributed by atoms with Crippen LogP contribution in [0.3, 0.4) is 0 Å². The van der Waals surface area contributed by atoms with Crippen LogP contribution < -0.4 is 11.1 Å². The fourth-order valence-corrected chi connectivity index (χ4v) is 2.73. The molecule has 0 aliphatic rings. The molecule has 0 fully saturated rings. The summed E-state index contributed by atoms with van der Waals surface area (Å²) in [4.78, 5) is 16.2. The molecular formula is C14H9F2N3OS. The van der Waals surface area contributed by atoms with Crippen molar-refractivity contribution in [2.24, 2.45) is 0 Å². The summed E-state index contributed by atoms with van der Waals surface area (Å²) in [5, 5.41) is 2.76. The molecule has 4 nitrogen and oxygen atoms in total. The van der Waals surface area contributed by atoms with E-state index in [4.69, 9.17) is 5.73 Å². The fraction of sp³-hybridized carbons (Fsp3) is 0. The number of benzene rings is 2. The second-order valence-electron chi connectivity index (χ2n) is 4.30. The van der Waals surface area contributed by atoms with E-state index in [-0.39, 0.29) is 0 Å². The van der Waals surface area contributed by atoms with Crippen LogP contribution in [-0.2, 0) is 0 Å². The number of carbonyl (C=O) groups is 1. The van der Waals surface area contributed by atoms with Gasteiger partial charge in [0.2, 0.25) is 0 Å². The summed E-state index contributed by atoms with van der Waals surface area (Å²) in [5.41, 5.74) is 5.16. The molecule has 0 bridgehead atoms. The molecule has 1 amide bonds. The van der Waals surface area contributed by atoms with Gasteiger partial charge >= 0.3 is 0 Å². The van der Waals surface area contributed by atoms with Crippen molar-refractivity contribution in [3.8, 4) is 0 Å². The van der Waals surface area contributed by atoms with Crippen LogP contribution in [0.4, 0.5) is 19.6 Å². The Hall–Kier alpha value is -2.54. The van der Waals surface area contributed by atoms with E-state index in [1.165, 1.54) is 11.3 Å². The lowest BCUT2D eigenvalue weighted by Gasteiger charge is -2.05. The number of carbonyl (C=O) groups excluding carboxylic acids is 1. The highest BCUT2D eigenvalue weighted by Crippen LogP contribution is 2.26. The molecule has 7 heteroatoms. The monoisotopic (exact) mass is 305 g/mol. The third-order valence-electron chi connectivity index (χ3n) is 2.82. The molecule has 0 aliphatic carbocycles.